The molecule has 40 heavy (non-hydrogen) atoms. The number of halogens is 5. The highest BCUT2D eigenvalue weighted by atomic mass is 19.3. The van der Waals surface area contributed by atoms with Crippen LogP contribution in [0.25, 0.3) is 5.57 Å². The van der Waals surface area contributed by atoms with Gasteiger partial charge in [0.25, 0.3) is 5.92 Å². The lowest BCUT2D eigenvalue weighted by molar-refractivity contribution is -0.0396. The van der Waals surface area contributed by atoms with Crippen LogP contribution in [0.2, 0.25) is 0 Å². The van der Waals surface area contributed by atoms with Crippen molar-refractivity contribution in [2.45, 2.75) is 63.0 Å². The van der Waals surface area contributed by atoms with Crippen LogP contribution < -0.4 is 9.64 Å². The van der Waals surface area contributed by atoms with Crippen molar-refractivity contribution in [3.8, 4) is 11.5 Å². The van der Waals surface area contributed by atoms with Gasteiger partial charge >= 0.3 is 0 Å². The zero-order valence-corrected chi connectivity index (χ0v) is 21.6. The lowest BCUT2D eigenvalue weighted by atomic mass is 9.94. The van der Waals surface area contributed by atoms with Gasteiger partial charge in [-0.1, -0.05) is 6.08 Å². The average Bonchev–Trinajstić information content (AvgIpc) is 3.60. The Hall–Kier alpha value is -3.54. The Morgan fingerprint density at radius 3 is 2.52 bits per heavy atom. The summed E-state index contributed by atoms with van der Waals surface area (Å²) in [6.07, 6.45) is 8.85. The Morgan fingerprint density at radius 1 is 1.00 bits per heavy atom. The number of benzene rings is 1. The molecule has 6 rings (SSSR count). The predicted molar refractivity (Wildman–Crippen MR) is 136 cm³/mol. The van der Waals surface area contributed by atoms with Gasteiger partial charge < -0.3 is 14.4 Å². The number of hydrogen-bond donors (Lipinski definition) is 0. The van der Waals surface area contributed by atoms with E-state index < -0.39 is 23.4 Å². The Morgan fingerprint density at radius 2 is 1.80 bits per heavy atom. The summed E-state index contributed by atoms with van der Waals surface area (Å²) in [5.74, 6) is -5.01. The van der Waals surface area contributed by atoms with E-state index in [0.717, 1.165) is 25.3 Å². The van der Waals surface area contributed by atoms with E-state index in [-0.39, 0.29) is 37.0 Å². The van der Waals surface area contributed by atoms with E-state index in [1.165, 1.54) is 18.5 Å². The van der Waals surface area contributed by atoms with Crippen LogP contribution in [0.1, 0.15) is 68.3 Å². The molecular formula is C28H28F5N5O2. The standard InChI is InChI=1S/C28H28F5N5O2/c29-21-12-23(31)22(30)11-20(21)18-6-9-37(15-18)27-34-13-19(14-35-27)40-24-16-38(25-3-1-2-10-39-25)36-26(24)17-4-7-28(32,33)8-5-17/h4,11-14,16,18,25H,1-3,5-10,15H2/t18-,25?/m1/s1. The van der Waals surface area contributed by atoms with Gasteiger partial charge in [-0.25, -0.2) is 36.6 Å². The summed E-state index contributed by atoms with van der Waals surface area (Å²) < 4.78 is 82.5. The topological polar surface area (TPSA) is 65.3 Å². The minimum absolute atomic E-state index is 0.127. The molecule has 2 fully saturated rings. The Kier molecular flexibility index (Phi) is 7.20. The van der Waals surface area contributed by atoms with E-state index >= 15 is 0 Å². The lowest BCUT2D eigenvalue weighted by Gasteiger charge is -2.23. The number of aromatic nitrogens is 4. The number of anilines is 1. The largest absolute Gasteiger partial charge is 0.450 e. The van der Waals surface area contributed by atoms with Gasteiger partial charge in [0.05, 0.1) is 18.6 Å². The summed E-state index contributed by atoms with van der Waals surface area (Å²) in [6.45, 7) is 1.49. The fourth-order valence-corrected chi connectivity index (χ4v) is 5.46. The molecule has 2 aliphatic heterocycles. The average molecular weight is 562 g/mol. The van der Waals surface area contributed by atoms with Crippen LogP contribution in [0.5, 0.6) is 11.5 Å². The molecule has 1 aromatic carbocycles. The van der Waals surface area contributed by atoms with Crippen molar-refractivity contribution >= 4 is 11.5 Å². The van der Waals surface area contributed by atoms with Crippen LogP contribution >= 0.6 is 0 Å². The van der Waals surface area contributed by atoms with Gasteiger partial charge in [0, 0.05) is 44.5 Å². The third-order valence-corrected chi connectivity index (χ3v) is 7.65. The summed E-state index contributed by atoms with van der Waals surface area (Å²) in [4.78, 5) is 10.6. The monoisotopic (exact) mass is 561 g/mol. The van der Waals surface area contributed by atoms with E-state index in [9.17, 15) is 22.0 Å². The van der Waals surface area contributed by atoms with Gasteiger partial charge in [0.1, 0.15) is 17.7 Å². The number of alkyl halides is 2. The molecule has 212 valence electrons. The number of rotatable bonds is 6. The summed E-state index contributed by atoms with van der Waals surface area (Å²) in [5.41, 5.74) is 1.31. The van der Waals surface area contributed by atoms with E-state index in [1.807, 2.05) is 4.90 Å². The van der Waals surface area contributed by atoms with Gasteiger partial charge in [0.2, 0.25) is 5.95 Å². The van der Waals surface area contributed by atoms with Crippen molar-refractivity contribution in [2.75, 3.05) is 24.6 Å². The van der Waals surface area contributed by atoms with Gasteiger partial charge in [0.15, 0.2) is 23.1 Å². The maximum Gasteiger partial charge on any atom is 0.251 e. The smallest absolute Gasteiger partial charge is 0.251 e. The van der Waals surface area contributed by atoms with Gasteiger partial charge in [-0.3, -0.25) is 0 Å². The Bertz CT molecular complexity index is 1400. The second-order valence-corrected chi connectivity index (χ2v) is 10.5. The highest BCUT2D eigenvalue weighted by Crippen LogP contribution is 2.40. The zero-order chi connectivity index (χ0) is 27.9. The number of nitrogens with zero attached hydrogens (tertiary/aromatic N) is 5. The molecule has 1 unspecified atom stereocenters. The Labute approximate surface area is 227 Å². The van der Waals surface area contributed by atoms with Gasteiger partial charge in [-0.2, -0.15) is 5.10 Å². The maximum absolute atomic E-state index is 14.3. The van der Waals surface area contributed by atoms with E-state index in [2.05, 4.69) is 15.1 Å². The minimum Gasteiger partial charge on any atom is -0.450 e. The Balaban J connectivity index is 1.19. The molecule has 2 aromatic heterocycles. The highest BCUT2D eigenvalue weighted by molar-refractivity contribution is 5.68. The summed E-state index contributed by atoms with van der Waals surface area (Å²) in [5, 5.41) is 4.66. The molecule has 0 saturated carbocycles. The minimum atomic E-state index is -2.73. The second kappa shape index (κ2) is 10.8. The molecule has 2 atom stereocenters. The molecule has 3 aromatic rings. The maximum atomic E-state index is 14.3. The van der Waals surface area contributed by atoms with Crippen molar-refractivity contribution in [3.05, 3.63) is 65.5 Å². The quantitative estimate of drug-likeness (QED) is 0.244. The lowest BCUT2D eigenvalue weighted by Crippen LogP contribution is -2.21. The fraction of sp³-hybridized carbons (Fsp3) is 0.464. The zero-order valence-electron chi connectivity index (χ0n) is 21.6. The third kappa shape index (κ3) is 5.54. The molecule has 0 bridgehead atoms. The highest BCUT2D eigenvalue weighted by Gasteiger charge is 2.33. The number of ether oxygens (including phenoxy) is 2. The van der Waals surface area contributed by atoms with Crippen LogP contribution in [0.3, 0.4) is 0 Å². The first-order valence-electron chi connectivity index (χ1n) is 13.4. The molecule has 3 aliphatic rings. The normalized spacial score (nSPS) is 22.8. The third-order valence-electron chi connectivity index (χ3n) is 7.65. The molecular weight excluding hydrogens is 533 g/mol. The van der Waals surface area contributed by atoms with Crippen molar-refractivity contribution in [2.24, 2.45) is 0 Å². The van der Waals surface area contributed by atoms with Crippen molar-refractivity contribution in [1.29, 1.82) is 0 Å². The van der Waals surface area contributed by atoms with Crippen molar-refractivity contribution < 1.29 is 31.4 Å². The van der Waals surface area contributed by atoms with Crippen LogP contribution in [-0.2, 0) is 4.74 Å². The fourth-order valence-electron chi connectivity index (χ4n) is 5.46. The van der Waals surface area contributed by atoms with Gasteiger partial charge in [-0.15, -0.1) is 0 Å². The first kappa shape index (κ1) is 26.7. The van der Waals surface area contributed by atoms with E-state index in [1.54, 1.807) is 10.9 Å². The van der Waals surface area contributed by atoms with Gasteiger partial charge in [-0.05, 0) is 49.3 Å². The first-order valence-corrected chi connectivity index (χ1v) is 13.4. The predicted octanol–water partition coefficient (Wildman–Crippen LogP) is 6.78. The molecule has 7 nitrogen and oxygen atoms in total. The summed E-state index contributed by atoms with van der Waals surface area (Å²) >= 11 is 0. The molecule has 1 aliphatic carbocycles. The SMILES string of the molecule is Fc1cc(F)c([C@@H]2CCN(c3ncc(Oc4cn(C5CCCCO5)nc4C4=CCC(F)(F)CC4)cn3)C2)cc1F. The van der Waals surface area contributed by atoms with Crippen LogP contribution in [0.4, 0.5) is 27.9 Å². The second-order valence-electron chi connectivity index (χ2n) is 10.5. The summed E-state index contributed by atoms with van der Waals surface area (Å²) in [7, 11) is 0. The summed E-state index contributed by atoms with van der Waals surface area (Å²) in [6, 6.07) is 1.48. The van der Waals surface area contributed by atoms with Crippen molar-refractivity contribution in [3.63, 3.8) is 0 Å². The van der Waals surface area contributed by atoms with Crippen LogP contribution in [-0.4, -0.2) is 45.4 Å². The molecule has 0 N–H and O–H groups in total. The molecule has 12 heteroatoms. The number of allylic oxidation sites excluding steroid dienone is 2. The van der Waals surface area contributed by atoms with Crippen LogP contribution in [0.15, 0.2) is 36.8 Å². The van der Waals surface area contributed by atoms with E-state index in [0.29, 0.717) is 60.9 Å². The molecule has 4 heterocycles. The van der Waals surface area contributed by atoms with Crippen molar-refractivity contribution in [1.82, 2.24) is 19.7 Å². The number of hydrogen-bond acceptors (Lipinski definition) is 6. The molecule has 0 radical (unpaired) electrons. The van der Waals surface area contributed by atoms with E-state index in [4.69, 9.17) is 9.47 Å². The first-order chi connectivity index (χ1) is 19.3. The molecule has 2 saturated heterocycles. The van der Waals surface area contributed by atoms with Crippen LogP contribution in [0, 0.1) is 17.5 Å². The molecule has 0 spiro atoms. The molecule has 0 amide bonds.